The van der Waals surface area contributed by atoms with Crippen LogP contribution in [0.15, 0.2) is 24.3 Å². The molecular formula is C16H23N3O. The number of aromatic nitrogens is 2. The molecule has 0 spiro atoms. The lowest BCUT2D eigenvalue weighted by Gasteiger charge is -2.15. The third kappa shape index (κ3) is 2.58. The van der Waals surface area contributed by atoms with Crippen LogP contribution in [-0.4, -0.2) is 28.8 Å². The summed E-state index contributed by atoms with van der Waals surface area (Å²) >= 11 is 0. The Labute approximate surface area is 120 Å². The number of nitrogens with zero attached hydrogens (tertiary/aromatic N) is 2. The van der Waals surface area contributed by atoms with E-state index in [-0.39, 0.29) is 0 Å². The van der Waals surface area contributed by atoms with Crippen LogP contribution in [-0.2, 0) is 17.8 Å². The van der Waals surface area contributed by atoms with Crippen molar-refractivity contribution in [1.29, 1.82) is 0 Å². The Hall–Kier alpha value is -1.39. The van der Waals surface area contributed by atoms with Crippen LogP contribution in [0.3, 0.4) is 0 Å². The van der Waals surface area contributed by atoms with Gasteiger partial charge >= 0.3 is 0 Å². The fourth-order valence-electron chi connectivity index (χ4n) is 3.03. The second-order valence-corrected chi connectivity index (χ2v) is 5.52. The fourth-order valence-corrected chi connectivity index (χ4v) is 3.03. The van der Waals surface area contributed by atoms with E-state index in [2.05, 4.69) is 41.9 Å². The number of ether oxygens (including phenoxy) is 1. The zero-order chi connectivity index (χ0) is 13.9. The Bertz CT molecular complexity index is 578. The average molecular weight is 273 g/mol. The normalized spacial score (nSPS) is 22.7. The first-order valence-electron chi connectivity index (χ1n) is 7.56. The molecule has 1 aromatic heterocycles. The maximum atomic E-state index is 5.60. The third-order valence-electron chi connectivity index (χ3n) is 4.27. The lowest BCUT2D eigenvalue weighted by atomic mass is 10.0. The Morgan fingerprint density at radius 2 is 2.25 bits per heavy atom. The largest absolute Gasteiger partial charge is 0.378 e. The minimum absolute atomic E-state index is 0.382. The molecule has 0 radical (unpaired) electrons. The van der Waals surface area contributed by atoms with Crippen molar-refractivity contribution in [2.45, 2.75) is 39.5 Å². The van der Waals surface area contributed by atoms with Crippen molar-refractivity contribution < 1.29 is 4.74 Å². The van der Waals surface area contributed by atoms with Crippen LogP contribution in [0, 0.1) is 5.92 Å². The molecule has 0 bridgehead atoms. The van der Waals surface area contributed by atoms with E-state index in [4.69, 9.17) is 9.72 Å². The molecule has 0 saturated carbocycles. The third-order valence-corrected chi connectivity index (χ3v) is 4.27. The zero-order valence-corrected chi connectivity index (χ0v) is 12.3. The van der Waals surface area contributed by atoms with E-state index >= 15 is 0 Å². The van der Waals surface area contributed by atoms with Crippen LogP contribution in [0.4, 0.5) is 0 Å². The molecule has 4 nitrogen and oxygen atoms in total. The summed E-state index contributed by atoms with van der Waals surface area (Å²) in [4.78, 5) is 4.74. The summed E-state index contributed by atoms with van der Waals surface area (Å²) in [6.07, 6.45) is 1.55. The number of rotatable bonds is 5. The number of para-hydroxylation sites is 2. The highest BCUT2D eigenvalue weighted by Gasteiger charge is 2.23. The van der Waals surface area contributed by atoms with E-state index in [1.807, 2.05) is 6.07 Å². The minimum atomic E-state index is 0.382. The molecule has 4 heteroatoms. The van der Waals surface area contributed by atoms with Crippen molar-refractivity contribution >= 4 is 11.0 Å². The zero-order valence-electron chi connectivity index (χ0n) is 12.3. The average Bonchev–Trinajstić information content (AvgIpc) is 3.02. The van der Waals surface area contributed by atoms with Crippen molar-refractivity contribution in [1.82, 2.24) is 14.9 Å². The molecule has 0 amide bonds. The molecule has 1 N–H and O–H groups in total. The lowest BCUT2D eigenvalue weighted by molar-refractivity contribution is 0.105. The van der Waals surface area contributed by atoms with Gasteiger partial charge in [-0.2, -0.15) is 0 Å². The monoisotopic (exact) mass is 273 g/mol. The van der Waals surface area contributed by atoms with Crippen LogP contribution in [0.1, 0.15) is 26.1 Å². The van der Waals surface area contributed by atoms with Crippen LogP contribution < -0.4 is 5.32 Å². The number of aryl methyl sites for hydroxylation is 1. The van der Waals surface area contributed by atoms with Crippen LogP contribution in [0.2, 0.25) is 0 Å². The Morgan fingerprint density at radius 1 is 1.40 bits per heavy atom. The summed E-state index contributed by atoms with van der Waals surface area (Å²) in [6, 6.07) is 8.34. The van der Waals surface area contributed by atoms with Gasteiger partial charge in [-0.25, -0.2) is 4.98 Å². The molecule has 2 heterocycles. The highest BCUT2D eigenvalue weighted by molar-refractivity contribution is 5.75. The fraction of sp³-hybridized carbons (Fsp3) is 0.562. The number of fused-ring (bicyclic) bond motifs is 1. The highest BCUT2D eigenvalue weighted by atomic mass is 16.5. The molecular weight excluding hydrogens is 250 g/mol. The standard InChI is InChI=1S/C16H23N3O/c1-3-19-15-7-5-4-6-14(15)18-16(19)11-17-10-13-8-9-20-12(13)2/h4-7,12-13,17H,3,8-11H2,1-2H3. The molecule has 1 aromatic carbocycles. The first kappa shape index (κ1) is 13.6. The van der Waals surface area contributed by atoms with Gasteiger partial charge in [-0.1, -0.05) is 12.1 Å². The van der Waals surface area contributed by atoms with Gasteiger partial charge in [-0.05, 0) is 38.3 Å². The Balaban J connectivity index is 1.68. The minimum Gasteiger partial charge on any atom is -0.378 e. The molecule has 2 atom stereocenters. The van der Waals surface area contributed by atoms with Crippen molar-refractivity contribution in [3.63, 3.8) is 0 Å². The molecule has 1 fully saturated rings. The van der Waals surface area contributed by atoms with Gasteiger partial charge in [-0.3, -0.25) is 0 Å². The second-order valence-electron chi connectivity index (χ2n) is 5.52. The molecule has 2 aromatic rings. The predicted molar refractivity (Wildman–Crippen MR) is 80.6 cm³/mol. The summed E-state index contributed by atoms with van der Waals surface area (Å²) < 4.78 is 7.89. The van der Waals surface area contributed by atoms with Gasteiger partial charge < -0.3 is 14.6 Å². The lowest BCUT2D eigenvalue weighted by Crippen LogP contribution is -2.27. The molecule has 2 unspecified atom stereocenters. The smallest absolute Gasteiger partial charge is 0.123 e. The van der Waals surface area contributed by atoms with Crippen molar-refractivity contribution in [3.05, 3.63) is 30.1 Å². The van der Waals surface area contributed by atoms with Crippen molar-refractivity contribution in [2.24, 2.45) is 5.92 Å². The van der Waals surface area contributed by atoms with E-state index in [9.17, 15) is 0 Å². The molecule has 108 valence electrons. The maximum absolute atomic E-state index is 5.60. The SMILES string of the molecule is CCn1c(CNCC2CCOC2C)nc2ccccc21. The first-order valence-corrected chi connectivity index (χ1v) is 7.56. The van der Waals surface area contributed by atoms with Crippen molar-refractivity contribution in [2.75, 3.05) is 13.2 Å². The van der Waals surface area contributed by atoms with Crippen LogP contribution >= 0.6 is 0 Å². The summed E-state index contributed by atoms with van der Waals surface area (Å²) in [5.74, 6) is 1.76. The predicted octanol–water partition coefficient (Wildman–Crippen LogP) is 2.57. The topological polar surface area (TPSA) is 39.1 Å². The summed E-state index contributed by atoms with van der Waals surface area (Å²) in [5.41, 5.74) is 2.31. The van der Waals surface area contributed by atoms with Gasteiger partial charge in [0.05, 0.1) is 23.7 Å². The van der Waals surface area contributed by atoms with Gasteiger partial charge in [-0.15, -0.1) is 0 Å². The van der Waals surface area contributed by atoms with E-state index in [0.717, 1.165) is 37.6 Å². The number of hydrogen-bond donors (Lipinski definition) is 1. The Morgan fingerprint density at radius 3 is 3.00 bits per heavy atom. The van der Waals surface area contributed by atoms with E-state index in [1.165, 1.54) is 11.9 Å². The summed E-state index contributed by atoms with van der Waals surface area (Å²) in [6.45, 7) is 8.03. The van der Waals surface area contributed by atoms with Crippen LogP contribution in [0.5, 0.6) is 0 Å². The quantitative estimate of drug-likeness (QED) is 0.910. The molecule has 1 saturated heterocycles. The highest BCUT2D eigenvalue weighted by Crippen LogP contribution is 2.20. The second kappa shape index (κ2) is 5.94. The Kier molecular flexibility index (Phi) is 4.03. The number of imidazole rings is 1. The summed E-state index contributed by atoms with van der Waals surface area (Å²) in [5, 5.41) is 3.55. The molecule has 1 aliphatic rings. The van der Waals surface area contributed by atoms with E-state index in [1.54, 1.807) is 0 Å². The molecule has 20 heavy (non-hydrogen) atoms. The number of benzene rings is 1. The summed E-state index contributed by atoms with van der Waals surface area (Å²) in [7, 11) is 0. The number of hydrogen-bond acceptors (Lipinski definition) is 3. The van der Waals surface area contributed by atoms with Gasteiger partial charge in [0.25, 0.3) is 0 Å². The number of nitrogens with one attached hydrogen (secondary N) is 1. The van der Waals surface area contributed by atoms with Crippen LogP contribution in [0.25, 0.3) is 11.0 Å². The van der Waals surface area contributed by atoms with Crippen molar-refractivity contribution in [3.8, 4) is 0 Å². The van der Waals surface area contributed by atoms with Gasteiger partial charge in [0.2, 0.25) is 0 Å². The van der Waals surface area contributed by atoms with E-state index in [0.29, 0.717) is 12.0 Å². The first-order chi connectivity index (χ1) is 9.79. The van der Waals surface area contributed by atoms with Gasteiger partial charge in [0.1, 0.15) is 5.82 Å². The molecule has 3 rings (SSSR count). The maximum Gasteiger partial charge on any atom is 0.123 e. The van der Waals surface area contributed by atoms with Gasteiger partial charge in [0, 0.05) is 19.7 Å². The van der Waals surface area contributed by atoms with E-state index < -0.39 is 0 Å². The molecule has 0 aliphatic carbocycles. The van der Waals surface area contributed by atoms with Gasteiger partial charge in [0.15, 0.2) is 0 Å². The molecule has 1 aliphatic heterocycles.